The van der Waals surface area contributed by atoms with Crippen LogP contribution in [-0.2, 0) is 27.5 Å². The molecule has 0 atom stereocenters. The topological polar surface area (TPSA) is 147 Å². The van der Waals surface area contributed by atoms with Crippen molar-refractivity contribution in [1.29, 1.82) is 0 Å². The van der Waals surface area contributed by atoms with Crippen LogP contribution in [0.25, 0.3) is 22.3 Å². The molecular weight excluding hydrogens is 693 g/mol. The van der Waals surface area contributed by atoms with Crippen molar-refractivity contribution in [2.24, 2.45) is 0 Å². The minimum Gasteiger partial charge on any atom is -0.508 e. The number of aromatic hydroxyl groups is 3. The first-order valence-corrected chi connectivity index (χ1v) is 18.2. The molecule has 0 saturated carbocycles. The summed E-state index contributed by atoms with van der Waals surface area (Å²) in [4.78, 5) is 20.8. The normalized spacial score (nSPS) is 10.5. The van der Waals surface area contributed by atoms with Crippen LogP contribution in [0, 0.1) is 13.8 Å². The van der Waals surface area contributed by atoms with Gasteiger partial charge >= 0.3 is 0 Å². The van der Waals surface area contributed by atoms with Crippen LogP contribution in [0.1, 0.15) is 43.0 Å². The number of phenolic OH excluding ortho intramolecular Hbond substituents is 3. The van der Waals surface area contributed by atoms with Gasteiger partial charge in [-0.15, -0.1) is 0 Å². The fourth-order valence-electron chi connectivity index (χ4n) is 5.22. The standard InChI is InChI=1S/C21H18O3.C15H16O3S.C7H6O3/c1-15-18(8-5-9-20(15)16-6-3-2-4-7-16)14-24-19-11-10-17(13-22)21(23)12-19;1-12-14(11-18-19(2,16)17)9-6-10-15(12)13-7-4-3-5-8-13;8-4-5-1-2-6(9)3-7(5)10/h2-13,23H,14H2,1H3;3-10H,11H2,1-2H3;1-4,9-10H. The number of benzene rings is 6. The lowest BCUT2D eigenvalue weighted by atomic mass is 9.97. The SMILES string of the molecule is Cc1c(COS(C)(=O)=O)cccc1-c1ccccc1.Cc1c(COc2ccc(C=O)c(O)c2)cccc1-c1ccccc1.O=Cc1ccc(O)cc1O. The first kappa shape index (κ1) is 39.6. The zero-order chi connectivity index (χ0) is 38.4. The first-order valence-electron chi connectivity index (χ1n) is 16.4. The van der Waals surface area contributed by atoms with Gasteiger partial charge in [0.2, 0.25) is 0 Å². The summed E-state index contributed by atoms with van der Waals surface area (Å²) < 4.78 is 32.7. The number of aldehydes is 2. The van der Waals surface area contributed by atoms with E-state index in [-0.39, 0.29) is 35.0 Å². The Balaban J connectivity index is 0.000000192. The number of phenols is 3. The average Bonchev–Trinajstić information content (AvgIpc) is 3.15. The van der Waals surface area contributed by atoms with Crippen molar-refractivity contribution in [1.82, 2.24) is 0 Å². The molecule has 6 rings (SSSR count). The van der Waals surface area contributed by atoms with Gasteiger partial charge in [-0.2, -0.15) is 8.42 Å². The second kappa shape index (κ2) is 18.8. The Morgan fingerprint density at radius 2 is 1.04 bits per heavy atom. The summed E-state index contributed by atoms with van der Waals surface area (Å²) in [5.41, 5.74) is 9.15. The Hall–Kier alpha value is -6.23. The van der Waals surface area contributed by atoms with E-state index in [9.17, 15) is 23.1 Å². The third-order valence-electron chi connectivity index (χ3n) is 8.15. The largest absolute Gasteiger partial charge is 0.508 e. The van der Waals surface area contributed by atoms with Gasteiger partial charge in [-0.05, 0) is 82.6 Å². The van der Waals surface area contributed by atoms with Crippen molar-refractivity contribution in [2.45, 2.75) is 27.1 Å². The van der Waals surface area contributed by atoms with E-state index in [0.717, 1.165) is 45.7 Å². The Morgan fingerprint density at radius 3 is 1.49 bits per heavy atom. The second-order valence-electron chi connectivity index (χ2n) is 11.9. The highest BCUT2D eigenvalue weighted by Gasteiger charge is 2.10. The number of hydrogen-bond acceptors (Lipinski definition) is 9. The van der Waals surface area contributed by atoms with Gasteiger partial charge in [-0.3, -0.25) is 13.8 Å². The summed E-state index contributed by atoms with van der Waals surface area (Å²) in [7, 11) is -3.42. The molecule has 0 spiro atoms. The Morgan fingerprint density at radius 1 is 0.566 bits per heavy atom. The highest BCUT2D eigenvalue weighted by atomic mass is 32.2. The number of carbonyl (C=O) groups excluding carboxylic acids is 2. The molecule has 272 valence electrons. The van der Waals surface area contributed by atoms with Crippen LogP contribution in [0.3, 0.4) is 0 Å². The van der Waals surface area contributed by atoms with Crippen molar-refractivity contribution in [3.8, 4) is 45.3 Å². The van der Waals surface area contributed by atoms with Crippen LogP contribution in [0.4, 0.5) is 0 Å². The third kappa shape index (κ3) is 11.6. The predicted molar refractivity (Wildman–Crippen MR) is 206 cm³/mol. The van der Waals surface area contributed by atoms with Gasteiger partial charge in [0.25, 0.3) is 10.1 Å². The molecule has 6 aromatic carbocycles. The fourth-order valence-corrected chi connectivity index (χ4v) is 5.56. The fraction of sp³-hybridized carbons (Fsp3) is 0.116. The van der Waals surface area contributed by atoms with Gasteiger partial charge in [-0.25, -0.2) is 0 Å². The van der Waals surface area contributed by atoms with Crippen LogP contribution >= 0.6 is 0 Å². The first-order chi connectivity index (χ1) is 25.4. The molecule has 0 heterocycles. The van der Waals surface area contributed by atoms with E-state index < -0.39 is 10.1 Å². The van der Waals surface area contributed by atoms with E-state index in [1.807, 2.05) is 85.8 Å². The van der Waals surface area contributed by atoms with Crippen molar-refractivity contribution in [2.75, 3.05) is 6.26 Å². The van der Waals surface area contributed by atoms with Gasteiger partial charge in [0.15, 0.2) is 12.6 Å². The molecule has 0 amide bonds. The number of carbonyl (C=O) groups is 2. The van der Waals surface area contributed by atoms with Crippen molar-refractivity contribution >= 4 is 22.7 Å². The molecule has 0 aromatic heterocycles. The van der Waals surface area contributed by atoms with Gasteiger partial charge in [0.05, 0.1) is 24.0 Å². The van der Waals surface area contributed by atoms with E-state index in [2.05, 4.69) is 25.1 Å². The lowest BCUT2D eigenvalue weighted by Crippen LogP contribution is -2.04. The predicted octanol–water partition coefficient (Wildman–Crippen LogP) is 8.81. The highest BCUT2D eigenvalue weighted by molar-refractivity contribution is 7.85. The number of ether oxygens (including phenoxy) is 1. The Bertz CT molecular complexity index is 2250. The Labute approximate surface area is 309 Å². The zero-order valence-electron chi connectivity index (χ0n) is 29.5. The maximum Gasteiger partial charge on any atom is 0.264 e. The summed E-state index contributed by atoms with van der Waals surface area (Å²) >= 11 is 0. The minimum atomic E-state index is -3.42. The highest BCUT2D eigenvalue weighted by Crippen LogP contribution is 2.29. The molecule has 0 aliphatic carbocycles. The molecule has 0 aliphatic heterocycles. The van der Waals surface area contributed by atoms with Crippen LogP contribution < -0.4 is 4.74 Å². The molecule has 6 aromatic rings. The van der Waals surface area contributed by atoms with Gasteiger partial charge in [0, 0.05) is 12.1 Å². The smallest absolute Gasteiger partial charge is 0.264 e. The van der Waals surface area contributed by atoms with E-state index in [4.69, 9.17) is 19.1 Å². The monoisotopic (exact) mass is 732 g/mol. The molecule has 10 heteroatoms. The summed E-state index contributed by atoms with van der Waals surface area (Å²) in [5.74, 6) is 0.206. The molecule has 0 saturated heterocycles. The summed E-state index contributed by atoms with van der Waals surface area (Å²) in [6, 6.07) is 40.7. The second-order valence-corrected chi connectivity index (χ2v) is 13.5. The maximum absolute atomic E-state index is 11.0. The minimum absolute atomic E-state index is 0.0527. The molecule has 53 heavy (non-hydrogen) atoms. The van der Waals surface area contributed by atoms with Crippen molar-refractivity contribution in [3.63, 3.8) is 0 Å². The van der Waals surface area contributed by atoms with E-state index in [0.29, 0.717) is 24.9 Å². The summed E-state index contributed by atoms with van der Waals surface area (Å²) in [6.07, 6.45) is 2.20. The molecule has 0 radical (unpaired) electrons. The lowest BCUT2D eigenvalue weighted by Gasteiger charge is -2.13. The van der Waals surface area contributed by atoms with Gasteiger partial charge < -0.3 is 20.1 Å². The molecule has 0 aliphatic rings. The molecule has 9 nitrogen and oxygen atoms in total. The van der Waals surface area contributed by atoms with E-state index >= 15 is 0 Å². The number of rotatable bonds is 10. The van der Waals surface area contributed by atoms with Gasteiger partial charge in [-0.1, -0.05) is 97.1 Å². The van der Waals surface area contributed by atoms with E-state index in [1.54, 1.807) is 12.1 Å². The molecule has 0 fully saturated rings. The van der Waals surface area contributed by atoms with Crippen molar-refractivity contribution in [3.05, 3.63) is 167 Å². The third-order valence-corrected chi connectivity index (χ3v) is 8.70. The average molecular weight is 733 g/mol. The number of hydrogen-bond donors (Lipinski definition) is 3. The summed E-state index contributed by atoms with van der Waals surface area (Å²) in [5, 5.41) is 27.4. The van der Waals surface area contributed by atoms with Crippen LogP contribution in [0.15, 0.2) is 133 Å². The van der Waals surface area contributed by atoms with Crippen LogP contribution in [0.2, 0.25) is 0 Å². The van der Waals surface area contributed by atoms with E-state index in [1.165, 1.54) is 29.3 Å². The summed E-state index contributed by atoms with van der Waals surface area (Å²) in [6.45, 7) is 4.52. The molecular formula is C43H40O9S. The van der Waals surface area contributed by atoms with Crippen molar-refractivity contribution < 1.29 is 42.2 Å². The molecule has 0 unspecified atom stereocenters. The van der Waals surface area contributed by atoms with Gasteiger partial charge in [0.1, 0.15) is 29.6 Å². The maximum atomic E-state index is 11.0. The van der Waals surface area contributed by atoms with Crippen LogP contribution in [-0.4, -0.2) is 42.6 Å². The van der Waals surface area contributed by atoms with Crippen LogP contribution in [0.5, 0.6) is 23.0 Å². The zero-order valence-corrected chi connectivity index (χ0v) is 30.3. The lowest BCUT2D eigenvalue weighted by molar-refractivity contribution is 0.111. The molecule has 0 bridgehead atoms. The molecule has 3 N–H and O–H groups in total. The Kier molecular flexibility index (Phi) is 14.1. The quantitative estimate of drug-likeness (QED) is 0.0929.